The quantitative estimate of drug-likeness (QED) is 0.459. The van der Waals surface area contributed by atoms with Crippen molar-refractivity contribution >= 4 is 46.0 Å². The van der Waals surface area contributed by atoms with Crippen molar-refractivity contribution in [2.75, 3.05) is 5.32 Å². The molecular formula is C19H13ClN4O2S2. The van der Waals surface area contributed by atoms with Gasteiger partial charge in [0.2, 0.25) is 0 Å². The first-order valence-electron chi connectivity index (χ1n) is 8.18. The Labute approximate surface area is 173 Å². The van der Waals surface area contributed by atoms with Crippen molar-refractivity contribution in [2.45, 2.75) is 6.61 Å². The number of pyridine rings is 2. The van der Waals surface area contributed by atoms with Crippen LogP contribution in [0.1, 0.15) is 16.1 Å². The number of carbonyl (C=O) groups is 1. The highest BCUT2D eigenvalue weighted by molar-refractivity contribution is 7.23. The molecule has 4 aromatic rings. The van der Waals surface area contributed by atoms with Gasteiger partial charge in [0.1, 0.15) is 17.3 Å². The molecule has 0 unspecified atom stereocenters. The Bertz CT molecular complexity index is 1100. The van der Waals surface area contributed by atoms with Crippen LogP contribution in [0.4, 0.5) is 5.82 Å². The number of halogens is 1. The van der Waals surface area contributed by atoms with E-state index in [9.17, 15) is 4.79 Å². The molecule has 0 atom stereocenters. The minimum absolute atomic E-state index is 0.315. The molecule has 28 heavy (non-hydrogen) atoms. The van der Waals surface area contributed by atoms with Crippen molar-refractivity contribution in [3.05, 3.63) is 76.0 Å². The number of hydrogen-bond donors (Lipinski definition) is 1. The van der Waals surface area contributed by atoms with Gasteiger partial charge < -0.3 is 10.1 Å². The fourth-order valence-electron chi connectivity index (χ4n) is 2.33. The lowest BCUT2D eigenvalue weighted by Gasteiger charge is -2.10. The Morgan fingerprint density at radius 2 is 2.00 bits per heavy atom. The molecule has 1 N–H and O–H groups in total. The molecule has 0 saturated carbocycles. The zero-order valence-corrected chi connectivity index (χ0v) is 16.7. The molecule has 4 aromatic heterocycles. The Balaban J connectivity index is 1.47. The number of anilines is 1. The summed E-state index contributed by atoms with van der Waals surface area (Å²) in [6, 6.07) is 10.9. The summed E-state index contributed by atoms with van der Waals surface area (Å²) in [5.74, 6) is 0.473. The molecule has 0 radical (unpaired) electrons. The van der Waals surface area contributed by atoms with Crippen LogP contribution in [0.2, 0.25) is 4.34 Å². The smallest absolute Gasteiger partial charge is 0.276 e. The van der Waals surface area contributed by atoms with Crippen LogP contribution < -0.4 is 10.1 Å². The van der Waals surface area contributed by atoms with Crippen molar-refractivity contribution in [1.82, 2.24) is 15.0 Å². The highest BCUT2D eigenvalue weighted by atomic mass is 35.5. The van der Waals surface area contributed by atoms with Crippen molar-refractivity contribution in [1.29, 1.82) is 0 Å². The fourth-order valence-corrected chi connectivity index (χ4v) is 4.25. The second kappa shape index (κ2) is 8.47. The van der Waals surface area contributed by atoms with E-state index in [2.05, 4.69) is 20.3 Å². The van der Waals surface area contributed by atoms with Crippen LogP contribution >= 0.6 is 34.3 Å². The van der Waals surface area contributed by atoms with E-state index >= 15 is 0 Å². The normalized spacial score (nSPS) is 10.6. The van der Waals surface area contributed by atoms with E-state index in [1.165, 1.54) is 22.7 Å². The molecule has 140 valence electrons. The highest BCUT2D eigenvalue weighted by Gasteiger charge is 2.16. The van der Waals surface area contributed by atoms with E-state index in [0.29, 0.717) is 28.2 Å². The standard InChI is InChI=1S/C19H13ClN4O2S2/c20-16-4-3-15(28-16)19-23-13(11-27-19)18(25)24-17-14(2-1-7-22-17)26-10-12-5-8-21-9-6-12/h1-9,11H,10H2,(H,22,24,25). The van der Waals surface area contributed by atoms with E-state index in [4.69, 9.17) is 16.3 Å². The Morgan fingerprint density at radius 1 is 1.14 bits per heavy atom. The summed E-state index contributed by atoms with van der Waals surface area (Å²) < 4.78 is 6.48. The number of carbonyl (C=O) groups excluding carboxylic acids is 1. The second-order valence-corrected chi connectivity index (χ2v) is 8.16. The van der Waals surface area contributed by atoms with E-state index in [1.54, 1.807) is 36.1 Å². The summed E-state index contributed by atoms with van der Waals surface area (Å²) in [6.45, 7) is 0.344. The van der Waals surface area contributed by atoms with Gasteiger partial charge in [-0.1, -0.05) is 11.6 Å². The minimum atomic E-state index is -0.349. The van der Waals surface area contributed by atoms with Gasteiger partial charge in [-0.25, -0.2) is 9.97 Å². The third kappa shape index (κ3) is 4.36. The Morgan fingerprint density at radius 3 is 2.79 bits per heavy atom. The lowest BCUT2D eigenvalue weighted by molar-refractivity contribution is 0.102. The van der Waals surface area contributed by atoms with Gasteiger partial charge in [0.15, 0.2) is 11.6 Å². The van der Waals surface area contributed by atoms with Gasteiger partial charge in [-0.3, -0.25) is 9.78 Å². The molecule has 4 rings (SSSR count). The predicted molar refractivity (Wildman–Crippen MR) is 111 cm³/mol. The van der Waals surface area contributed by atoms with E-state index < -0.39 is 0 Å². The number of nitrogens with one attached hydrogen (secondary N) is 1. The SMILES string of the molecule is O=C(Nc1ncccc1OCc1ccncc1)c1csc(-c2ccc(Cl)s2)n1. The van der Waals surface area contributed by atoms with Crippen molar-refractivity contribution < 1.29 is 9.53 Å². The number of thiazole rings is 1. The number of ether oxygens (including phenoxy) is 1. The maximum atomic E-state index is 12.6. The number of aromatic nitrogens is 3. The molecule has 0 spiro atoms. The zero-order chi connectivity index (χ0) is 19.3. The van der Waals surface area contributed by atoms with Gasteiger partial charge in [-0.15, -0.1) is 22.7 Å². The number of thiophene rings is 1. The summed E-state index contributed by atoms with van der Waals surface area (Å²) in [7, 11) is 0. The van der Waals surface area contributed by atoms with Crippen LogP contribution in [0.3, 0.4) is 0 Å². The lowest BCUT2D eigenvalue weighted by Crippen LogP contribution is -2.14. The topological polar surface area (TPSA) is 77.0 Å². The summed E-state index contributed by atoms with van der Waals surface area (Å²) in [5.41, 5.74) is 1.28. The van der Waals surface area contributed by atoms with E-state index in [-0.39, 0.29) is 5.91 Å². The van der Waals surface area contributed by atoms with Crippen LogP contribution in [-0.4, -0.2) is 20.9 Å². The maximum Gasteiger partial charge on any atom is 0.276 e. The largest absolute Gasteiger partial charge is 0.485 e. The van der Waals surface area contributed by atoms with Crippen LogP contribution in [0, 0.1) is 0 Å². The molecule has 0 fully saturated rings. The number of rotatable bonds is 6. The van der Waals surface area contributed by atoms with Crippen molar-refractivity contribution in [2.24, 2.45) is 0 Å². The third-order valence-corrected chi connectivity index (χ3v) is 5.91. The molecule has 0 aliphatic carbocycles. The van der Waals surface area contributed by atoms with Crippen LogP contribution in [0.5, 0.6) is 5.75 Å². The summed E-state index contributed by atoms with van der Waals surface area (Å²) >= 11 is 8.78. The molecule has 0 saturated heterocycles. The Hall–Kier alpha value is -2.81. The molecule has 6 nitrogen and oxygen atoms in total. The maximum absolute atomic E-state index is 12.6. The minimum Gasteiger partial charge on any atom is -0.485 e. The van der Waals surface area contributed by atoms with Crippen LogP contribution in [0.25, 0.3) is 9.88 Å². The summed E-state index contributed by atoms with van der Waals surface area (Å²) in [5, 5.41) is 5.22. The van der Waals surface area contributed by atoms with Gasteiger partial charge in [0.25, 0.3) is 5.91 Å². The summed E-state index contributed by atoms with van der Waals surface area (Å²) in [6.07, 6.45) is 4.99. The average Bonchev–Trinajstić information content (AvgIpc) is 3.37. The average molecular weight is 429 g/mol. The molecule has 0 bridgehead atoms. The van der Waals surface area contributed by atoms with Crippen molar-refractivity contribution in [3.63, 3.8) is 0 Å². The third-order valence-electron chi connectivity index (χ3n) is 3.67. The highest BCUT2D eigenvalue weighted by Crippen LogP contribution is 2.33. The van der Waals surface area contributed by atoms with E-state index in [1.807, 2.05) is 24.3 Å². The first kappa shape index (κ1) is 18.5. The molecule has 1 amide bonds. The second-order valence-electron chi connectivity index (χ2n) is 5.59. The van der Waals surface area contributed by atoms with Gasteiger partial charge >= 0.3 is 0 Å². The van der Waals surface area contributed by atoms with E-state index in [0.717, 1.165) is 15.4 Å². The predicted octanol–water partition coefficient (Wildman–Crippen LogP) is 5.15. The van der Waals surface area contributed by atoms with Gasteiger partial charge in [-0.2, -0.15) is 0 Å². The number of nitrogens with zero attached hydrogens (tertiary/aromatic N) is 3. The van der Waals surface area contributed by atoms with Gasteiger partial charge in [0, 0.05) is 24.0 Å². The first-order valence-corrected chi connectivity index (χ1v) is 10.3. The number of hydrogen-bond acceptors (Lipinski definition) is 7. The van der Waals surface area contributed by atoms with Gasteiger partial charge in [0.05, 0.1) is 9.21 Å². The Kier molecular flexibility index (Phi) is 5.61. The van der Waals surface area contributed by atoms with Crippen molar-refractivity contribution in [3.8, 4) is 15.6 Å². The molecule has 9 heteroatoms. The zero-order valence-electron chi connectivity index (χ0n) is 14.3. The molecular weight excluding hydrogens is 416 g/mol. The van der Waals surface area contributed by atoms with Crippen LogP contribution in [0.15, 0.2) is 60.4 Å². The van der Waals surface area contributed by atoms with Crippen LogP contribution in [-0.2, 0) is 6.61 Å². The molecule has 4 heterocycles. The molecule has 0 aliphatic rings. The lowest BCUT2D eigenvalue weighted by atomic mass is 10.3. The molecule has 0 aliphatic heterocycles. The number of amides is 1. The first-order chi connectivity index (χ1) is 13.7. The fraction of sp³-hybridized carbons (Fsp3) is 0.0526. The monoisotopic (exact) mass is 428 g/mol. The summed E-state index contributed by atoms with van der Waals surface area (Å²) in [4.78, 5) is 26.1. The molecule has 0 aromatic carbocycles. The van der Waals surface area contributed by atoms with Gasteiger partial charge in [-0.05, 0) is 42.0 Å².